The third-order valence-electron chi connectivity index (χ3n) is 4.94. The van der Waals surface area contributed by atoms with Gasteiger partial charge in [-0.1, -0.05) is 25.7 Å². The standard InChI is InChI=1S/C19H32N4O3/c1-18(2,3)26-17(25)23-12-10-22(11-13-23)14-16(24)21-19(15-20)8-6-4-5-7-9-19/h4-14H2,1-3H3,(H,21,24). The minimum atomic E-state index is -0.702. The molecule has 0 spiro atoms. The predicted molar refractivity (Wildman–Crippen MR) is 98.4 cm³/mol. The van der Waals surface area contributed by atoms with Crippen LogP contribution < -0.4 is 5.32 Å². The molecule has 146 valence electrons. The van der Waals surface area contributed by atoms with Crippen molar-refractivity contribution in [3.8, 4) is 6.07 Å². The first-order chi connectivity index (χ1) is 12.2. The fraction of sp³-hybridized carbons (Fsp3) is 0.842. The summed E-state index contributed by atoms with van der Waals surface area (Å²) in [6.07, 6.45) is 5.41. The number of amides is 2. The Kier molecular flexibility index (Phi) is 6.87. The lowest BCUT2D eigenvalue weighted by Gasteiger charge is -2.35. The Morgan fingerprint density at radius 3 is 2.15 bits per heavy atom. The quantitative estimate of drug-likeness (QED) is 0.777. The first kappa shape index (κ1) is 20.5. The summed E-state index contributed by atoms with van der Waals surface area (Å²) in [5.74, 6) is -0.0980. The molecule has 0 aromatic rings. The zero-order valence-electron chi connectivity index (χ0n) is 16.3. The molecule has 2 aliphatic rings. The minimum absolute atomic E-state index is 0.0980. The summed E-state index contributed by atoms with van der Waals surface area (Å²) in [5.41, 5.74) is -1.20. The third kappa shape index (κ3) is 6.17. The van der Waals surface area contributed by atoms with Crippen LogP contribution in [0.15, 0.2) is 0 Å². The molecule has 1 N–H and O–H groups in total. The molecule has 26 heavy (non-hydrogen) atoms. The van der Waals surface area contributed by atoms with E-state index in [9.17, 15) is 14.9 Å². The monoisotopic (exact) mass is 364 g/mol. The van der Waals surface area contributed by atoms with Crippen LogP contribution in [0, 0.1) is 11.3 Å². The number of nitrogens with zero attached hydrogens (tertiary/aromatic N) is 3. The van der Waals surface area contributed by atoms with Crippen LogP contribution in [0.2, 0.25) is 0 Å². The van der Waals surface area contributed by atoms with E-state index in [1.807, 2.05) is 25.7 Å². The highest BCUT2D eigenvalue weighted by molar-refractivity contribution is 5.79. The zero-order chi connectivity index (χ0) is 19.2. The molecule has 1 saturated heterocycles. The highest BCUT2D eigenvalue weighted by Gasteiger charge is 2.33. The molecule has 0 aromatic heterocycles. The fourth-order valence-electron chi connectivity index (χ4n) is 3.52. The Bertz CT molecular complexity index is 534. The van der Waals surface area contributed by atoms with E-state index >= 15 is 0 Å². The van der Waals surface area contributed by atoms with E-state index in [0.717, 1.165) is 38.5 Å². The molecule has 1 heterocycles. The normalized spacial score (nSPS) is 21.4. The second-order valence-electron chi connectivity index (χ2n) is 8.40. The number of piperazine rings is 1. The van der Waals surface area contributed by atoms with Crippen molar-refractivity contribution < 1.29 is 14.3 Å². The molecular formula is C19H32N4O3. The number of carbonyl (C=O) groups excluding carboxylic acids is 2. The van der Waals surface area contributed by atoms with Gasteiger partial charge in [0.2, 0.25) is 5.91 Å². The number of nitriles is 1. The van der Waals surface area contributed by atoms with Crippen LogP contribution in [0.4, 0.5) is 4.79 Å². The van der Waals surface area contributed by atoms with Crippen molar-refractivity contribution in [2.45, 2.75) is 70.4 Å². The maximum Gasteiger partial charge on any atom is 0.410 e. The Balaban J connectivity index is 1.79. The molecule has 2 rings (SSSR count). The lowest BCUT2D eigenvalue weighted by atomic mass is 9.92. The summed E-state index contributed by atoms with van der Waals surface area (Å²) in [5, 5.41) is 12.6. The summed E-state index contributed by atoms with van der Waals surface area (Å²) in [6, 6.07) is 2.35. The van der Waals surface area contributed by atoms with Crippen molar-refractivity contribution >= 4 is 12.0 Å². The summed E-state index contributed by atoms with van der Waals surface area (Å²) in [7, 11) is 0. The van der Waals surface area contributed by atoms with E-state index in [0.29, 0.717) is 26.2 Å². The van der Waals surface area contributed by atoms with Gasteiger partial charge in [-0.3, -0.25) is 9.69 Å². The Morgan fingerprint density at radius 2 is 1.65 bits per heavy atom. The molecule has 1 aliphatic carbocycles. The molecule has 7 heteroatoms. The van der Waals surface area contributed by atoms with Gasteiger partial charge in [-0.25, -0.2) is 4.79 Å². The molecule has 2 fully saturated rings. The van der Waals surface area contributed by atoms with Crippen molar-refractivity contribution in [3.05, 3.63) is 0 Å². The topological polar surface area (TPSA) is 85.7 Å². The van der Waals surface area contributed by atoms with Gasteiger partial charge in [0.1, 0.15) is 11.1 Å². The van der Waals surface area contributed by atoms with E-state index < -0.39 is 11.1 Å². The van der Waals surface area contributed by atoms with Crippen LogP contribution in [0.3, 0.4) is 0 Å². The van der Waals surface area contributed by atoms with E-state index in [1.54, 1.807) is 4.90 Å². The van der Waals surface area contributed by atoms with Crippen LogP contribution in [0.5, 0.6) is 0 Å². The molecule has 7 nitrogen and oxygen atoms in total. The molecule has 2 amide bonds. The van der Waals surface area contributed by atoms with E-state index in [1.165, 1.54) is 0 Å². The molecule has 0 aromatic carbocycles. The van der Waals surface area contributed by atoms with Crippen molar-refractivity contribution in [3.63, 3.8) is 0 Å². The van der Waals surface area contributed by atoms with Gasteiger partial charge in [0.05, 0.1) is 12.6 Å². The maximum atomic E-state index is 12.4. The Hall–Kier alpha value is -1.81. The fourth-order valence-corrected chi connectivity index (χ4v) is 3.52. The maximum absolute atomic E-state index is 12.4. The number of nitrogens with one attached hydrogen (secondary N) is 1. The summed E-state index contributed by atoms with van der Waals surface area (Å²) in [4.78, 5) is 28.2. The second-order valence-corrected chi connectivity index (χ2v) is 8.40. The summed E-state index contributed by atoms with van der Waals surface area (Å²) in [6.45, 7) is 8.18. The van der Waals surface area contributed by atoms with Gasteiger partial charge in [0, 0.05) is 26.2 Å². The highest BCUT2D eigenvalue weighted by Crippen LogP contribution is 2.26. The lowest BCUT2D eigenvalue weighted by Crippen LogP contribution is -2.54. The van der Waals surface area contributed by atoms with Gasteiger partial charge in [0.25, 0.3) is 0 Å². The minimum Gasteiger partial charge on any atom is -0.444 e. The number of hydrogen-bond donors (Lipinski definition) is 1. The molecular weight excluding hydrogens is 332 g/mol. The number of ether oxygens (including phenoxy) is 1. The van der Waals surface area contributed by atoms with Crippen molar-refractivity contribution in [2.24, 2.45) is 0 Å². The van der Waals surface area contributed by atoms with Gasteiger partial charge in [-0.15, -0.1) is 0 Å². The van der Waals surface area contributed by atoms with Gasteiger partial charge < -0.3 is 15.0 Å². The number of hydrogen-bond acceptors (Lipinski definition) is 5. The first-order valence-electron chi connectivity index (χ1n) is 9.66. The molecule has 1 saturated carbocycles. The Morgan fingerprint density at radius 1 is 1.08 bits per heavy atom. The van der Waals surface area contributed by atoms with Gasteiger partial charge in [-0.05, 0) is 33.6 Å². The largest absolute Gasteiger partial charge is 0.444 e. The van der Waals surface area contributed by atoms with Crippen LogP contribution in [-0.4, -0.2) is 65.7 Å². The molecule has 0 radical (unpaired) electrons. The molecule has 0 unspecified atom stereocenters. The molecule has 0 atom stereocenters. The van der Waals surface area contributed by atoms with Crippen molar-refractivity contribution in [1.29, 1.82) is 5.26 Å². The third-order valence-corrected chi connectivity index (χ3v) is 4.94. The lowest BCUT2D eigenvalue weighted by molar-refractivity contribution is -0.124. The number of rotatable bonds is 3. The second kappa shape index (κ2) is 8.72. The SMILES string of the molecule is CC(C)(C)OC(=O)N1CCN(CC(=O)NC2(C#N)CCCCCC2)CC1. The highest BCUT2D eigenvalue weighted by atomic mass is 16.6. The number of carbonyl (C=O) groups is 2. The molecule has 0 bridgehead atoms. The average molecular weight is 364 g/mol. The smallest absolute Gasteiger partial charge is 0.410 e. The van der Waals surface area contributed by atoms with Gasteiger partial charge >= 0.3 is 6.09 Å². The average Bonchev–Trinajstić information content (AvgIpc) is 2.80. The van der Waals surface area contributed by atoms with Crippen molar-refractivity contribution in [2.75, 3.05) is 32.7 Å². The van der Waals surface area contributed by atoms with Crippen LogP contribution >= 0.6 is 0 Å². The Labute approximate surface area is 156 Å². The summed E-state index contributed by atoms with van der Waals surface area (Å²) < 4.78 is 5.39. The van der Waals surface area contributed by atoms with Crippen LogP contribution in [0.25, 0.3) is 0 Å². The first-order valence-corrected chi connectivity index (χ1v) is 9.66. The molecule has 1 aliphatic heterocycles. The van der Waals surface area contributed by atoms with Crippen LogP contribution in [0.1, 0.15) is 59.3 Å². The van der Waals surface area contributed by atoms with E-state index in [2.05, 4.69) is 11.4 Å². The predicted octanol–water partition coefficient (Wildman–Crippen LogP) is 2.27. The zero-order valence-corrected chi connectivity index (χ0v) is 16.3. The van der Waals surface area contributed by atoms with E-state index in [-0.39, 0.29) is 18.5 Å². The van der Waals surface area contributed by atoms with E-state index in [4.69, 9.17) is 4.74 Å². The summed E-state index contributed by atoms with van der Waals surface area (Å²) >= 11 is 0. The van der Waals surface area contributed by atoms with Crippen LogP contribution in [-0.2, 0) is 9.53 Å². The van der Waals surface area contributed by atoms with Gasteiger partial charge in [0.15, 0.2) is 0 Å². The van der Waals surface area contributed by atoms with Gasteiger partial charge in [-0.2, -0.15) is 5.26 Å². The van der Waals surface area contributed by atoms with Crippen molar-refractivity contribution in [1.82, 2.24) is 15.1 Å².